The molecule has 1 fully saturated rings. The molecule has 5 heterocycles. The van der Waals surface area contributed by atoms with E-state index in [-0.39, 0.29) is 42.5 Å². The summed E-state index contributed by atoms with van der Waals surface area (Å²) in [5, 5.41) is 9.09. The van der Waals surface area contributed by atoms with Crippen LogP contribution in [0.5, 0.6) is 0 Å². The summed E-state index contributed by atoms with van der Waals surface area (Å²) in [5.41, 5.74) is -4.81. The van der Waals surface area contributed by atoms with Crippen molar-refractivity contribution in [1.82, 2.24) is 24.5 Å². The smallest absolute Gasteiger partial charge is 0.377 e. The van der Waals surface area contributed by atoms with Crippen LogP contribution in [0, 0.1) is 0 Å². The Morgan fingerprint density at radius 3 is 2.69 bits per heavy atom. The molecule has 0 unspecified atom stereocenters. The van der Waals surface area contributed by atoms with E-state index >= 15 is 0 Å². The number of nitrogens with zero attached hydrogens (tertiary/aromatic N) is 7. The van der Waals surface area contributed by atoms with Gasteiger partial charge in [0, 0.05) is 45.6 Å². The lowest BCUT2D eigenvalue weighted by Gasteiger charge is -2.35. The standard InChI is InChI=1S/C23H32F3N7O4SSi/c1-16-14-36-10-9-31(16)21-17-5-8-32(38(34,35)23(24,25)26)20(17)18-13-27-33(22(18)28-21)19-6-7-30(29-19)15-37-11-12-39(2,3)4/h6-7,13,16H,5,8-12,14-15H2,1-4H3/t16-/m1/s1. The number of anilines is 2. The average molecular weight is 588 g/mol. The van der Waals surface area contributed by atoms with Crippen molar-refractivity contribution in [2.45, 2.75) is 57.3 Å². The zero-order valence-corrected chi connectivity index (χ0v) is 24.1. The molecule has 11 nitrogen and oxygen atoms in total. The second kappa shape index (κ2) is 10.0. The van der Waals surface area contributed by atoms with Gasteiger partial charge in [-0.2, -0.15) is 36.5 Å². The summed E-state index contributed by atoms with van der Waals surface area (Å²) in [6.07, 6.45) is 3.17. The average Bonchev–Trinajstić information content (AvgIpc) is 3.58. The molecule has 0 aliphatic carbocycles. The number of sulfonamides is 1. The minimum absolute atomic E-state index is 0.0358. The molecule has 16 heteroatoms. The van der Waals surface area contributed by atoms with Crippen LogP contribution in [-0.4, -0.2) is 85.5 Å². The van der Waals surface area contributed by atoms with Gasteiger partial charge in [-0.15, -0.1) is 0 Å². The van der Waals surface area contributed by atoms with Crippen molar-refractivity contribution in [2.24, 2.45) is 0 Å². The second-order valence-electron chi connectivity index (χ2n) is 11.0. The van der Waals surface area contributed by atoms with Crippen LogP contribution >= 0.6 is 0 Å². The SMILES string of the molecule is C[C@@H]1COCCN1c1nc2c(cnn2-c2ccn(COCC[Si](C)(C)C)n2)c2c1CCN2S(=O)(=O)C(F)(F)F. The summed E-state index contributed by atoms with van der Waals surface area (Å²) in [4.78, 5) is 6.79. The summed E-state index contributed by atoms with van der Waals surface area (Å²) in [6.45, 7) is 10.6. The number of morpholine rings is 1. The van der Waals surface area contributed by atoms with E-state index in [0.717, 1.165) is 6.04 Å². The van der Waals surface area contributed by atoms with Gasteiger partial charge in [0.05, 0.1) is 36.5 Å². The van der Waals surface area contributed by atoms with Crippen LogP contribution in [0.15, 0.2) is 18.5 Å². The van der Waals surface area contributed by atoms with Crippen LogP contribution in [0.25, 0.3) is 16.9 Å². The van der Waals surface area contributed by atoms with Crippen LogP contribution in [0.3, 0.4) is 0 Å². The molecular weight excluding hydrogens is 555 g/mol. The Bertz CT molecular complexity index is 1470. The minimum Gasteiger partial charge on any atom is -0.377 e. The lowest BCUT2D eigenvalue weighted by Crippen LogP contribution is -2.44. The van der Waals surface area contributed by atoms with E-state index in [2.05, 4.69) is 29.8 Å². The molecule has 2 aliphatic rings. The number of alkyl halides is 3. The van der Waals surface area contributed by atoms with Gasteiger partial charge in [-0.1, -0.05) is 19.6 Å². The summed E-state index contributed by atoms with van der Waals surface area (Å²) in [5.74, 6) is 0.819. The third kappa shape index (κ3) is 5.26. The number of halogens is 3. The molecule has 0 aromatic carbocycles. The van der Waals surface area contributed by atoms with Crippen molar-refractivity contribution in [3.63, 3.8) is 0 Å². The summed E-state index contributed by atoms with van der Waals surface area (Å²) < 4.78 is 80.8. The van der Waals surface area contributed by atoms with Crippen molar-refractivity contribution >= 4 is 40.6 Å². The number of ether oxygens (including phenoxy) is 2. The number of fused-ring (bicyclic) bond motifs is 3. The molecule has 39 heavy (non-hydrogen) atoms. The maximum absolute atomic E-state index is 13.6. The van der Waals surface area contributed by atoms with Gasteiger partial charge in [-0.3, -0.25) is 4.31 Å². The zero-order valence-electron chi connectivity index (χ0n) is 22.3. The van der Waals surface area contributed by atoms with E-state index in [1.54, 1.807) is 16.9 Å². The lowest BCUT2D eigenvalue weighted by molar-refractivity contribution is -0.0437. The maximum Gasteiger partial charge on any atom is 0.516 e. The Morgan fingerprint density at radius 2 is 2.00 bits per heavy atom. The monoisotopic (exact) mass is 587 g/mol. The second-order valence-corrected chi connectivity index (χ2v) is 18.5. The number of hydrogen-bond donors (Lipinski definition) is 0. The highest BCUT2D eigenvalue weighted by Gasteiger charge is 2.52. The molecule has 0 N–H and O–H groups in total. The quantitative estimate of drug-likeness (QED) is 0.292. The fourth-order valence-corrected chi connectivity index (χ4v) is 6.56. The Kier molecular flexibility index (Phi) is 7.18. The molecule has 0 saturated carbocycles. The van der Waals surface area contributed by atoms with E-state index in [4.69, 9.17) is 14.5 Å². The Morgan fingerprint density at radius 1 is 1.23 bits per heavy atom. The summed E-state index contributed by atoms with van der Waals surface area (Å²) >= 11 is 0. The van der Waals surface area contributed by atoms with Crippen molar-refractivity contribution in [2.75, 3.05) is 42.1 Å². The normalized spacial score (nSPS) is 18.8. The Balaban J connectivity index is 1.57. The Hall–Kier alpha value is -2.69. The van der Waals surface area contributed by atoms with Crippen LogP contribution in [-0.2, 0) is 32.6 Å². The minimum atomic E-state index is -5.62. The first-order valence-electron chi connectivity index (χ1n) is 12.7. The molecule has 1 saturated heterocycles. The third-order valence-corrected chi connectivity index (χ3v) is 10.1. The molecule has 1 atom stereocenters. The molecule has 5 rings (SSSR count). The van der Waals surface area contributed by atoms with Crippen LogP contribution in [0.2, 0.25) is 25.7 Å². The summed E-state index contributed by atoms with van der Waals surface area (Å²) in [6, 6.07) is 2.61. The Labute approximate surface area is 225 Å². The summed E-state index contributed by atoms with van der Waals surface area (Å²) in [7, 11) is -6.86. The van der Waals surface area contributed by atoms with Gasteiger partial charge < -0.3 is 14.4 Å². The third-order valence-electron chi connectivity index (χ3n) is 6.87. The van der Waals surface area contributed by atoms with Crippen molar-refractivity contribution in [3.05, 3.63) is 24.0 Å². The van der Waals surface area contributed by atoms with Gasteiger partial charge in [0.25, 0.3) is 0 Å². The highest BCUT2D eigenvalue weighted by Crippen LogP contribution is 2.45. The first-order valence-corrected chi connectivity index (χ1v) is 17.9. The van der Waals surface area contributed by atoms with Crippen LogP contribution in [0.1, 0.15) is 12.5 Å². The van der Waals surface area contributed by atoms with Gasteiger partial charge in [0.2, 0.25) is 0 Å². The topological polar surface area (TPSA) is 108 Å². The molecule has 0 bridgehead atoms. The van der Waals surface area contributed by atoms with Crippen LogP contribution < -0.4 is 9.21 Å². The molecular formula is C23H32F3N7O4SSi. The molecule has 0 radical (unpaired) electrons. The van der Waals surface area contributed by atoms with E-state index in [1.165, 1.54) is 10.9 Å². The van der Waals surface area contributed by atoms with Crippen molar-refractivity contribution < 1.29 is 31.1 Å². The first-order chi connectivity index (χ1) is 18.3. The van der Waals surface area contributed by atoms with Gasteiger partial charge in [0.15, 0.2) is 11.5 Å². The molecule has 0 amide bonds. The molecule has 214 valence electrons. The molecule has 0 spiro atoms. The van der Waals surface area contributed by atoms with Gasteiger partial charge in [-0.05, 0) is 19.4 Å². The zero-order chi connectivity index (χ0) is 28.2. The predicted octanol–water partition coefficient (Wildman–Crippen LogP) is 3.37. The van der Waals surface area contributed by atoms with E-state index in [0.29, 0.717) is 47.9 Å². The fraction of sp³-hybridized carbons (Fsp3) is 0.609. The van der Waals surface area contributed by atoms with E-state index < -0.39 is 23.6 Å². The number of aromatic nitrogens is 5. The molecule has 2 aliphatic heterocycles. The maximum atomic E-state index is 13.6. The largest absolute Gasteiger partial charge is 0.516 e. The fourth-order valence-electron chi connectivity index (χ4n) is 4.78. The lowest BCUT2D eigenvalue weighted by atomic mass is 10.1. The van der Waals surface area contributed by atoms with E-state index in [1.807, 2.05) is 11.8 Å². The van der Waals surface area contributed by atoms with Gasteiger partial charge >= 0.3 is 15.5 Å². The first kappa shape index (κ1) is 27.9. The predicted molar refractivity (Wildman–Crippen MR) is 142 cm³/mol. The molecule has 3 aromatic rings. The van der Waals surface area contributed by atoms with Gasteiger partial charge in [-0.25, -0.2) is 9.67 Å². The molecule has 3 aromatic heterocycles. The van der Waals surface area contributed by atoms with Gasteiger partial charge in [0.1, 0.15) is 12.5 Å². The number of hydrogen-bond acceptors (Lipinski definition) is 8. The number of rotatable bonds is 8. The van der Waals surface area contributed by atoms with Crippen molar-refractivity contribution in [1.29, 1.82) is 0 Å². The van der Waals surface area contributed by atoms with Crippen molar-refractivity contribution in [3.8, 4) is 5.82 Å². The van der Waals surface area contributed by atoms with E-state index in [9.17, 15) is 21.6 Å². The highest BCUT2D eigenvalue weighted by molar-refractivity contribution is 7.93. The number of pyridine rings is 1. The van der Waals surface area contributed by atoms with Crippen LogP contribution in [0.4, 0.5) is 24.7 Å². The highest BCUT2D eigenvalue weighted by atomic mass is 32.2.